The molecule has 1 unspecified atom stereocenters. The highest BCUT2D eigenvalue weighted by Crippen LogP contribution is 2.31. The molecule has 1 aromatic rings. The first-order chi connectivity index (χ1) is 9.86. The Bertz CT molecular complexity index is 594. The molecule has 2 rings (SSSR count). The summed E-state index contributed by atoms with van der Waals surface area (Å²) in [6, 6.07) is -0.794. The van der Waals surface area contributed by atoms with Gasteiger partial charge in [-0.05, 0) is 31.7 Å². The number of nitrogens with one attached hydrogen (secondary N) is 1. The van der Waals surface area contributed by atoms with Gasteiger partial charge in [-0.1, -0.05) is 0 Å². The Labute approximate surface area is 127 Å². The van der Waals surface area contributed by atoms with Gasteiger partial charge in [-0.3, -0.25) is 14.5 Å². The lowest BCUT2D eigenvalue weighted by Gasteiger charge is -2.19. The van der Waals surface area contributed by atoms with Gasteiger partial charge >= 0.3 is 5.97 Å². The minimum atomic E-state index is -0.628. The van der Waals surface area contributed by atoms with Crippen LogP contribution in [0.1, 0.15) is 35.5 Å². The Balaban J connectivity index is 2.24. The SMILES string of the molecule is COC(=O)c1scc(C)c1NC1CC(=O)N(C(C)C)C1=O. The number of likely N-dealkylation sites (tertiary alicyclic amines) is 1. The van der Waals surface area contributed by atoms with Crippen LogP contribution in [0.4, 0.5) is 5.69 Å². The third-order valence-electron chi connectivity index (χ3n) is 3.36. The quantitative estimate of drug-likeness (QED) is 0.678. The second-order valence-electron chi connectivity index (χ2n) is 5.21. The first kappa shape index (κ1) is 15.5. The predicted octanol–water partition coefficient (Wildman–Crippen LogP) is 1.79. The molecule has 0 radical (unpaired) electrons. The summed E-state index contributed by atoms with van der Waals surface area (Å²) >= 11 is 1.25. The molecule has 6 nitrogen and oxygen atoms in total. The van der Waals surface area contributed by atoms with Crippen molar-refractivity contribution >= 4 is 34.8 Å². The molecule has 0 saturated carbocycles. The van der Waals surface area contributed by atoms with E-state index in [-0.39, 0.29) is 24.3 Å². The molecule has 0 spiro atoms. The fourth-order valence-electron chi connectivity index (χ4n) is 2.35. The average Bonchev–Trinajstić information content (AvgIpc) is 2.91. The van der Waals surface area contributed by atoms with Crippen molar-refractivity contribution in [3.63, 3.8) is 0 Å². The van der Waals surface area contributed by atoms with Gasteiger partial charge in [0, 0.05) is 6.04 Å². The summed E-state index contributed by atoms with van der Waals surface area (Å²) in [6.07, 6.45) is 0.104. The van der Waals surface area contributed by atoms with E-state index in [0.29, 0.717) is 10.6 Å². The Hall–Kier alpha value is -1.89. The van der Waals surface area contributed by atoms with E-state index < -0.39 is 12.0 Å². The molecule has 1 N–H and O–H groups in total. The number of rotatable bonds is 4. The number of carbonyl (C=O) groups is 3. The van der Waals surface area contributed by atoms with Crippen LogP contribution in [0.2, 0.25) is 0 Å². The van der Waals surface area contributed by atoms with E-state index >= 15 is 0 Å². The van der Waals surface area contributed by atoms with Crippen molar-refractivity contribution in [2.45, 2.75) is 39.3 Å². The monoisotopic (exact) mass is 310 g/mol. The highest BCUT2D eigenvalue weighted by Gasteiger charge is 2.40. The molecule has 7 heteroatoms. The Morgan fingerprint density at radius 2 is 2.14 bits per heavy atom. The molecule has 0 aliphatic carbocycles. The third-order valence-corrected chi connectivity index (χ3v) is 4.44. The van der Waals surface area contributed by atoms with Crippen molar-refractivity contribution in [3.8, 4) is 0 Å². The number of thiophene rings is 1. The number of imide groups is 1. The number of anilines is 1. The molecular formula is C14H18N2O4S. The summed E-state index contributed by atoms with van der Waals surface area (Å²) in [6.45, 7) is 5.44. The number of hydrogen-bond donors (Lipinski definition) is 1. The van der Waals surface area contributed by atoms with Crippen LogP contribution in [0.3, 0.4) is 0 Å². The smallest absolute Gasteiger partial charge is 0.350 e. The first-order valence-corrected chi connectivity index (χ1v) is 7.53. The maximum atomic E-state index is 12.3. The number of carbonyl (C=O) groups excluding carboxylic acids is 3. The molecule has 2 amide bonds. The van der Waals surface area contributed by atoms with Crippen LogP contribution < -0.4 is 5.32 Å². The summed E-state index contributed by atoms with van der Waals surface area (Å²) in [5.41, 5.74) is 1.42. The highest BCUT2D eigenvalue weighted by molar-refractivity contribution is 7.12. The molecule has 0 bridgehead atoms. The molecule has 1 saturated heterocycles. The Kier molecular flexibility index (Phi) is 4.32. The molecule has 21 heavy (non-hydrogen) atoms. The van der Waals surface area contributed by atoms with E-state index in [1.54, 1.807) is 13.8 Å². The van der Waals surface area contributed by atoms with Crippen molar-refractivity contribution in [1.29, 1.82) is 0 Å². The molecule has 1 aromatic heterocycles. The summed E-state index contributed by atoms with van der Waals surface area (Å²) in [7, 11) is 1.31. The molecule has 0 aromatic carbocycles. The predicted molar refractivity (Wildman–Crippen MR) is 79.4 cm³/mol. The van der Waals surface area contributed by atoms with E-state index in [1.807, 2.05) is 12.3 Å². The maximum Gasteiger partial charge on any atom is 0.350 e. The summed E-state index contributed by atoms with van der Waals surface area (Å²) in [4.78, 5) is 37.6. The van der Waals surface area contributed by atoms with E-state index in [1.165, 1.54) is 23.3 Å². The molecule has 1 fully saturated rings. The lowest BCUT2D eigenvalue weighted by molar-refractivity contribution is -0.140. The standard InChI is InChI=1S/C14H18N2O4S/c1-7(2)16-10(17)5-9(13(16)18)15-11-8(3)6-21-12(11)14(19)20-4/h6-7,9,15H,5H2,1-4H3. The number of amides is 2. The minimum absolute atomic E-state index is 0.104. The number of nitrogens with zero attached hydrogens (tertiary/aromatic N) is 1. The van der Waals surface area contributed by atoms with Crippen LogP contribution in [0.5, 0.6) is 0 Å². The van der Waals surface area contributed by atoms with Crippen molar-refractivity contribution in [2.24, 2.45) is 0 Å². The lowest BCUT2D eigenvalue weighted by Crippen LogP contribution is -2.39. The largest absolute Gasteiger partial charge is 0.465 e. The second-order valence-corrected chi connectivity index (χ2v) is 6.09. The number of hydrogen-bond acceptors (Lipinski definition) is 6. The van der Waals surface area contributed by atoms with Crippen molar-refractivity contribution in [1.82, 2.24) is 4.90 Å². The fourth-order valence-corrected chi connectivity index (χ4v) is 3.28. The van der Waals surface area contributed by atoms with Crippen LogP contribution in [0.15, 0.2) is 5.38 Å². The van der Waals surface area contributed by atoms with Crippen molar-refractivity contribution in [2.75, 3.05) is 12.4 Å². The molecule has 1 atom stereocenters. The van der Waals surface area contributed by atoms with Crippen LogP contribution >= 0.6 is 11.3 Å². The topological polar surface area (TPSA) is 75.7 Å². The third kappa shape index (κ3) is 2.78. The van der Waals surface area contributed by atoms with Gasteiger partial charge in [-0.2, -0.15) is 0 Å². The molecule has 1 aliphatic heterocycles. The first-order valence-electron chi connectivity index (χ1n) is 6.65. The van der Waals surface area contributed by atoms with Crippen molar-refractivity contribution < 1.29 is 19.1 Å². The Morgan fingerprint density at radius 3 is 2.67 bits per heavy atom. The van der Waals surface area contributed by atoms with E-state index in [0.717, 1.165) is 5.56 Å². The Morgan fingerprint density at radius 1 is 1.48 bits per heavy atom. The number of methoxy groups -OCH3 is 1. The molecule has 114 valence electrons. The van der Waals surface area contributed by atoms with Gasteiger partial charge in [0.15, 0.2) is 0 Å². The van der Waals surface area contributed by atoms with Gasteiger partial charge in [0.2, 0.25) is 5.91 Å². The summed E-state index contributed by atoms with van der Waals surface area (Å²) in [5.74, 6) is -0.899. The lowest BCUT2D eigenvalue weighted by atomic mass is 10.2. The molecular weight excluding hydrogens is 292 g/mol. The number of aryl methyl sites for hydroxylation is 1. The summed E-state index contributed by atoms with van der Waals surface area (Å²) in [5, 5.41) is 4.85. The highest BCUT2D eigenvalue weighted by atomic mass is 32.1. The van der Waals surface area contributed by atoms with E-state index in [9.17, 15) is 14.4 Å². The normalized spacial score (nSPS) is 18.5. The van der Waals surface area contributed by atoms with Crippen molar-refractivity contribution in [3.05, 3.63) is 15.8 Å². The average molecular weight is 310 g/mol. The van der Waals surface area contributed by atoms with Crippen LogP contribution in [0, 0.1) is 6.92 Å². The van der Waals surface area contributed by atoms with Crippen LogP contribution in [-0.2, 0) is 14.3 Å². The van der Waals surface area contributed by atoms with Gasteiger partial charge in [0.1, 0.15) is 10.9 Å². The number of ether oxygens (including phenoxy) is 1. The second kappa shape index (κ2) is 5.85. The van der Waals surface area contributed by atoms with Crippen LogP contribution in [-0.4, -0.2) is 41.9 Å². The van der Waals surface area contributed by atoms with Gasteiger partial charge < -0.3 is 10.1 Å². The van der Waals surface area contributed by atoms with E-state index in [4.69, 9.17) is 4.74 Å². The minimum Gasteiger partial charge on any atom is -0.465 e. The summed E-state index contributed by atoms with van der Waals surface area (Å²) < 4.78 is 4.73. The van der Waals surface area contributed by atoms with Crippen LogP contribution in [0.25, 0.3) is 0 Å². The molecule has 1 aliphatic rings. The van der Waals surface area contributed by atoms with Gasteiger partial charge in [0.05, 0.1) is 19.2 Å². The fraction of sp³-hybridized carbons (Fsp3) is 0.500. The molecule has 2 heterocycles. The van der Waals surface area contributed by atoms with Gasteiger partial charge in [-0.25, -0.2) is 4.79 Å². The van der Waals surface area contributed by atoms with Gasteiger partial charge in [0.25, 0.3) is 5.91 Å². The number of esters is 1. The zero-order valence-corrected chi connectivity index (χ0v) is 13.2. The van der Waals surface area contributed by atoms with E-state index in [2.05, 4.69) is 5.32 Å². The maximum absolute atomic E-state index is 12.3. The van der Waals surface area contributed by atoms with Gasteiger partial charge in [-0.15, -0.1) is 11.3 Å². The zero-order valence-electron chi connectivity index (χ0n) is 12.4. The zero-order chi connectivity index (χ0) is 15.7.